The highest BCUT2D eigenvalue weighted by atomic mass is 16.5. The van der Waals surface area contributed by atoms with Crippen LogP contribution in [0.3, 0.4) is 0 Å². The number of primary amides is 1. The van der Waals surface area contributed by atoms with Crippen LogP contribution >= 0.6 is 0 Å². The second-order valence-electron chi connectivity index (χ2n) is 8.36. The predicted octanol–water partition coefficient (Wildman–Crippen LogP) is 2.65. The summed E-state index contributed by atoms with van der Waals surface area (Å²) in [5.74, 6) is 0.773. The van der Waals surface area contributed by atoms with Gasteiger partial charge in [0.25, 0.3) is 0 Å². The highest BCUT2D eigenvalue weighted by Gasteiger charge is 2.15. The molecule has 1 atom stereocenters. The molecule has 2 aromatic rings. The van der Waals surface area contributed by atoms with Crippen molar-refractivity contribution in [1.82, 2.24) is 10.6 Å². The summed E-state index contributed by atoms with van der Waals surface area (Å²) in [7, 11) is 0. The Hall–Kier alpha value is -3.30. The van der Waals surface area contributed by atoms with E-state index < -0.39 is 12.0 Å². The fourth-order valence-corrected chi connectivity index (χ4v) is 3.71. The van der Waals surface area contributed by atoms with Crippen LogP contribution in [0.2, 0.25) is 0 Å². The number of amides is 3. The van der Waals surface area contributed by atoms with Gasteiger partial charge in [-0.15, -0.1) is 0 Å². The number of benzene rings is 2. The largest absolute Gasteiger partial charge is 0.492 e. The minimum atomic E-state index is -0.686. The van der Waals surface area contributed by atoms with E-state index in [1.54, 1.807) is 48.5 Å². The Balaban J connectivity index is 1.26. The molecule has 1 saturated carbocycles. The molecule has 0 spiro atoms. The molecule has 0 aromatic heterocycles. The molecule has 3 rings (SSSR count). The molecule has 3 amide bonds. The van der Waals surface area contributed by atoms with E-state index in [1.165, 1.54) is 19.3 Å². The van der Waals surface area contributed by atoms with Crippen molar-refractivity contribution in [2.24, 2.45) is 5.73 Å². The maximum atomic E-state index is 12.1. The quantitative estimate of drug-likeness (QED) is 0.303. The first-order valence-corrected chi connectivity index (χ1v) is 11.7. The zero-order chi connectivity index (χ0) is 24.2. The van der Waals surface area contributed by atoms with Gasteiger partial charge in [0.2, 0.25) is 5.91 Å². The smallest absolute Gasteiger partial charge is 0.319 e. The highest BCUT2D eigenvalue weighted by Crippen LogP contribution is 2.19. The number of rotatable bonds is 12. The van der Waals surface area contributed by atoms with E-state index in [9.17, 15) is 14.7 Å². The van der Waals surface area contributed by atoms with Crippen molar-refractivity contribution in [2.75, 3.05) is 31.6 Å². The summed E-state index contributed by atoms with van der Waals surface area (Å²) in [6.07, 6.45) is 4.97. The van der Waals surface area contributed by atoms with Crippen LogP contribution in [0.5, 0.6) is 11.5 Å². The van der Waals surface area contributed by atoms with Crippen LogP contribution in [-0.4, -0.2) is 55.5 Å². The van der Waals surface area contributed by atoms with Gasteiger partial charge in [0.05, 0.1) is 0 Å². The van der Waals surface area contributed by atoms with Gasteiger partial charge in [0.1, 0.15) is 30.8 Å². The molecule has 34 heavy (non-hydrogen) atoms. The minimum absolute atomic E-state index is 0.136. The van der Waals surface area contributed by atoms with E-state index in [0.29, 0.717) is 42.4 Å². The second kappa shape index (κ2) is 13.4. The normalized spacial score (nSPS) is 14.7. The average molecular weight is 471 g/mol. The molecule has 0 aliphatic heterocycles. The number of hydrogen-bond acceptors (Lipinski definition) is 6. The summed E-state index contributed by atoms with van der Waals surface area (Å²) in [4.78, 5) is 23.2. The minimum Gasteiger partial charge on any atom is -0.492 e. The molecule has 0 bridgehead atoms. The molecule has 9 nitrogen and oxygen atoms in total. The Morgan fingerprint density at radius 2 is 1.62 bits per heavy atom. The van der Waals surface area contributed by atoms with Gasteiger partial charge in [-0.1, -0.05) is 19.3 Å². The fraction of sp³-hybridized carbons (Fsp3) is 0.440. The fourth-order valence-electron chi connectivity index (χ4n) is 3.71. The van der Waals surface area contributed by atoms with E-state index in [-0.39, 0.29) is 18.7 Å². The first-order chi connectivity index (χ1) is 16.5. The SMILES string of the molecule is NC(=O)c1ccc(OCCNCC(O)COc2ccc(NC(=O)NC3CCCCC3)cc2)cc1. The van der Waals surface area contributed by atoms with E-state index in [4.69, 9.17) is 15.2 Å². The van der Waals surface area contributed by atoms with E-state index in [1.807, 2.05) is 0 Å². The first kappa shape index (κ1) is 25.3. The standard InChI is InChI=1S/C25H34N4O5/c26-24(31)18-6-10-22(11-7-18)33-15-14-27-16-21(30)17-34-23-12-8-20(9-13-23)29-25(32)28-19-4-2-1-3-5-19/h6-13,19,21,27,30H,1-5,14-17H2,(H2,26,31)(H2,28,29,32). The number of aliphatic hydroxyl groups excluding tert-OH is 1. The van der Waals surface area contributed by atoms with Gasteiger partial charge in [-0.25, -0.2) is 4.79 Å². The van der Waals surface area contributed by atoms with Crippen molar-refractivity contribution < 1.29 is 24.2 Å². The van der Waals surface area contributed by atoms with Gasteiger partial charge in [0, 0.05) is 30.4 Å². The van der Waals surface area contributed by atoms with Gasteiger partial charge in [-0.2, -0.15) is 0 Å². The third-order valence-electron chi connectivity index (χ3n) is 5.56. The molecule has 1 fully saturated rings. The molecular weight excluding hydrogens is 436 g/mol. The number of nitrogens with two attached hydrogens (primary N) is 1. The number of carbonyl (C=O) groups is 2. The summed E-state index contributed by atoms with van der Waals surface area (Å²) in [5, 5.41) is 19.1. The molecule has 0 radical (unpaired) electrons. The molecule has 1 unspecified atom stereocenters. The van der Waals surface area contributed by atoms with Gasteiger partial charge >= 0.3 is 6.03 Å². The molecule has 1 aliphatic rings. The Labute approximate surface area is 200 Å². The molecule has 9 heteroatoms. The van der Waals surface area contributed by atoms with E-state index in [0.717, 1.165) is 12.8 Å². The van der Waals surface area contributed by atoms with Crippen LogP contribution in [0.15, 0.2) is 48.5 Å². The predicted molar refractivity (Wildman–Crippen MR) is 130 cm³/mol. The summed E-state index contributed by atoms with van der Waals surface area (Å²) in [6, 6.07) is 13.7. The number of nitrogens with one attached hydrogen (secondary N) is 3. The van der Waals surface area contributed by atoms with Crippen LogP contribution in [0.1, 0.15) is 42.5 Å². The van der Waals surface area contributed by atoms with Gasteiger partial charge in [0.15, 0.2) is 0 Å². The molecule has 0 heterocycles. The molecule has 0 saturated heterocycles. The number of hydrogen-bond donors (Lipinski definition) is 5. The summed E-state index contributed by atoms with van der Waals surface area (Å²) < 4.78 is 11.2. The second-order valence-corrected chi connectivity index (χ2v) is 8.36. The molecular formula is C25H34N4O5. The monoisotopic (exact) mass is 470 g/mol. The summed E-state index contributed by atoms with van der Waals surface area (Å²) >= 11 is 0. The highest BCUT2D eigenvalue weighted by molar-refractivity contribution is 5.92. The van der Waals surface area contributed by atoms with Crippen LogP contribution in [0.25, 0.3) is 0 Å². The topological polar surface area (TPSA) is 135 Å². The van der Waals surface area contributed by atoms with Crippen LogP contribution in [-0.2, 0) is 0 Å². The van der Waals surface area contributed by atoms with Crippen LogP contribution < -0.4 is 31.2 Å². The Morgan fingerprint density at radius 3 is 2.29 bits per heavy atom. The third-order valence-corrected chi connectivity index (χ3v) is 5.56. The van der Waals surface area contributed by atoms with Gasteiger partial charge in [-0.05, 0) is 61.4 Å². The average Bonchev–Trinajstić information content (AvgIpc) is 2.84. The maximum Gasteiger partial charge on any atom is 0.319 e. The Kier molecular flexibility index (Phi) is 9.99. The van der Waals surface area contributed by atoms with Crippen molar-refractivity contribution >= 4 is 17.6 Å². The van der Waals surface area contributed by atoms with Crippen LogP contribution in [0, 0.1) is 0 Å². The lowest BCUT2D eigenvalue weighted by Gasteiger charge is -2.22. The molecule has 184 valence electrons. The van der Waals surface area contributed by atoms with E-state index in [2.05, 4.69) is 16.0 Å². The van der Waals surface area contributed by atoms with Gasteiger partial charge in [-0.3, -0.25) is 4.79 Å². The van der Waals surface area contributed by atoms with Crippen molar-refractivity contribution in [2.45, 2.75) is 44.2 Å². The van der Waals surface area contributed by atoms with E-state index >= 15 is 0 Å². The number of urea groups is 1. The Morgan fingerprint density at radius 1 is 0.971 bits per heavy atom. The first-order valence-electron chi connectivity index (χ1n) is 11.7. The van der Waals surface area contributed by atoms with Crippen molar-refractivity contribution in [3.05, 3.63) is 54.1 Å². The lowest BCUT2D eigenvalue weighted by atomic mass is 9.96. The number of carbonyl (C=O) groups excluding carboxylic acids is 2. The zero-order valence-electron chi connectivity index (χ0n) is 19.3. The molecule has 2 aromatic carbocycles. The zero-order valence-corrected chi connectivity index (χ0v) is 19.3. The molecule has 1 aliphatic carbocycles. The third kappa shape index (κ3) is 8.92. The number of ether oxygens (including phenoxy) is 2. The van der Waals surface area contributed by atoms with Crippen molar-refractivity contribution in [3.63, 3.8) is 0 Å². The Bertz CT molecular complexity index is 899. The lowest BCUT2D eigenvalue weighted by Crippen LogP contribution is -2.38. The number of aliphatic hydroxyl groups is 1. The van der Waals surface area contributed by atoms with Crippen molar-refractivity contribution in [3.8, 4) is 11.5 Å². The number of anilines is 1. The summed E-state index contributed by atoms with van der Waals surface area (Å²) in [5.41, 5.74) is 6.32. The lowest BCUT2D eigenvalue weighted by molar-refractivity contribution is 0.1000. The maximum absolute atomic E-state index is 12.1. The molecule has 6 N–H and O–H groups in total. The van der Waals surface area contributed by atoms with Crippen molar-refractivity contribution in [1.29, 1.82) is 0 Å². The van der Waals surface area contributed by atoms with Gasteiger partial charge < -0.3 is 36.3 Å². The van der Waals surface area contributed by atoms with Crippen LogP contribution in [0.4, 0.5) is 10.5 Å². The summed E-state index contributed by atoms with van der Waals surface area (Å²) in [6.45, 7) is 1.44.